The molecule has 5 rings (SSSR count). The number of sulfonamides is 1. The lowest BCUT2D eigenvalue weighted by Crippen LogP contribution is -2.61. The van der Waals surface area contributed by atoms with Gasteiger partial charge in [-0.3, -0.25) is 4.79 Å². The Morgan fingerprint density at radius 1 is 1.09 bits per heavy atom. The van der Waals surface area contributed by atoms with Gasteiger partial charge in [0.15, 0.2) is 0 Å². The number of carbonyl (C=O) groups excluding carboxylic acids is 2. The fraction of sp³-hybridized carbons (Fsp3) is 0.667. The number of halogens is 1. The van der Waals surface area contributed by atoms with Crippen LogP contribution in [0.3, 0.4) is 0 Å². The molecule has 2 saturated heterocycles. The second-order valence-electron chi connectivity index (χ2n) is 10.3. The van der Waals surface area contributed by atoms with Crippen molar-refractivity contribution in [2.24, 2.45) is 17.6 Å². The summed E-state index contributed by atoms with van der Waals surface area (Å²) in [7, 11) is -3.88. The third-order valence-electron chi connectivity index (χ3n) is 7.74. The summed E-state index contributed by atoms with van der Waals surface area (Å²) in [6.07, 6.45) is 4.61. The van der Waals surface area contributed by atoms with Crippen molar-refractivity contribution in [2.45, 2.75) is 67.5 Å². The second-order valence-corrected chi connectivity index (χ2v) is 12.6. The number of hydrogen-bond donors (Lipinski definition) is 1. The number of morpholine rings is 1. The lowest BCUT2D eigenvalue weighted by molar-refractivity contribution is -0.123. The van der Waals surface area contributed by atoms with Crippen LogP contribution < -0.4 is 5.73 Å². The van der Waals surface area contributed by atoms with E-state index in [2.05, 4.69) is 0 Å². The Morgan fingerprint density at radius 2 is 1.74 bits per heavy atom. The molecule has 4 fully saturated rings. The highest BCUT2D eigenvalue weighted by atomic mass is 35.5. The van der Waals surface area contributed by atoms with Crippen LogP contribution in [0.2, 0.25) is 5.02 Å². The van der Waals surface area contributed by atoms with E-state index in [9.17, 15) is 18.0 Å². The Kier molecular flexibility index (Phi) is 6.76. The Morgan fingerprint density at radius 3 is 2.31 bits per heavy atom. The number of rotatable bonds is 7. The monoisotopic (exact) mass is 525 g/mol. The smallest absolute Gasteiger partial charge is 0.410 e. The molecule has 0 unspecified atom stereocenters. The number of benzene rings is 1. The standard InChI is InChI=1S/C24H32ClN3O6S/c25-18-3-5-20(6-4-18)35(31,32)28-19(13-16-1-2-16)14-33-15-21(28)24(9-10-24)34-23(30)27-11-7-17(8-12-27)22(26)29/h3-6,16-17,19,21H,1-2,7-15H2,(H2,26,29)/t19-,21-/m1/s1. The summed E-state index contributed by atoms with van der Waals surface area (Å²) in [5, 5.41) is 0.463. The minimum absolute atomic E-state index is 0.172. The number of likely N-dealkylation sites (tertiary alicyclic amines) is 1. The van der Waals surface area contributed by atoms with Gasteiger partial charge in [-0.15, -0.1) is 0 Å². The molecule has 2 heterocycles. The topological polar surface area (TPSA) is 119 Å². The molecule has 2 aliphatic carbocycles. The molecule has 4 aliphatic rings. The van der Waals surface area contributed by atoms with E-state index in [1.807, 2.05) is 0 Å². The Balaban J connectivity index is 1.37. The lowest BCUT2D eigenvalue weighted by atomic mass is 9.97. The number of carbonyl (C=O) groups is 2. The van der Waals surface area contributed by atoms with Crippen LogP contribution in [0.1, 0.15) is 44.9 Å². The third kappa shape index (κ3) is 5.16. The zero-order valence-corrected chi connectivity index (χ0v) is 21.2. The van der Waals surface area contributed by atoms with E-state index in [0.29, 0.717) is 56.3 Å². The number of piperidine rings is 1. The van der Waals surface area contributed by atoms with Crippen LogP contribution in [0.5, 0.6) is 0 Å². The zero-order valence-electron chi connectivity index (χ0n) is 19.6. The maximum Gasteiger partial charge on any atom is 0.410 e. The highest BCUT2D eigenvalue weighted by Crippen LogP contribution is 2.49. The number of nitrogens with two attached hydrogens (primary N) is 1. The van der Waals surface area contributed by atoms with Gasteiger partial charge >= 0.3 is 6.09 Å². The summed E-state index contributed by atoms with van der Waals surface area (Å²) in [6.45, 7) is 1.27. The van der Waals surface area contributed by atoms with Gasteiger partial charge in [0.2, 0.25) is 15.9 Å². The summed E-state index contributed by atoms with van der Waals surface area (Å²) in [5.74, 6) is -0.0841. The van der Waals surface area contributed by atoms with Gasteiger partial charge in [-0.2, -0.15) is 4.31 Å². The number of nitrogens with zero attached hydrogens (tertiary/aromatic N) is 2. The van der Waals surface area contributed by atoms with E-state index >= 15 is 0 Å². The Bertz CT molecular complexity index is 1070. The highest BCUT2D eigenvalue weighted by molar-refractivity contribution is 7.89. The molecule has 1 aromatic rings. The SMILES string of the molecule is NC(=O)C1CCN(C(=O)OC2([C@H]3COC[C@@H](CC4CC4)N3S(=O)(=O)c3ccc(Cl)cc3)CC2)CC1. The van der Waals surface area contributed by atoms with Gasteiger partial charge in [-0.25, -0.2) is 13.2 Å². The molecule has 2 aliphatic heterocycles. The predicted molar refractivity (Wildman–Crippen MR) is 128 cm³/mol. The van der Waals surface area contributed by atoms with Crippen molar-refractivity contribution in [3.63, 3.8) is 0 Å². The van der Waals surface area contributed by atoms with Crippen molar-refractivity contribution in [1.29, 1.82) is 0 Å². The lowest BCUT2D eigenvalue weighted by Gasteiger charge is -2.44. The number of primary amides is 1. The molecule has 35 heavy (non-hydrogen) atoms. The molecule has 0 spiro atoms. The molecule has 11 heteroatoms. The summed E-state index contributed by atoms with van der Waals surface area (Å²) in [4.78, 5) is 26.3. The van der Waals surface area contributed by atoms with Crippen LogP contribution in [-0.2, 0) is 24.3 Å². The summed E-state index contributed by atoms with van der Waals surface area (Å²) < 4.78 is 41.3. The van der Waals surface area contributed by atoms with Gasteiger partial charge in [0.1, 0.15) is 5.60 Å². The van der Waals surface area contributed by atoms with Crippen molar-refractivity contribution in [1.82, 2.24) is 9.21 Å². The Hall–Kier alpha value is -1.88. The van der Waals surface area contributed by atoms with Crippen LogP contribution in [0.15, 0.2) is 29.2 Å². The van der Waals surface area contributed by atoms with Gasteiger partial charge in [0, 0.05) is 30.1 Å². The van der Waals surface area contributed by atoms with Gasteiger partial charge in [-0.05, 0) is 62.3 Å². The first-order valence-corrected chi connectivity index (χ1v) is 14.2. The molecule has 0 aromatic heterocycles. The molecule has 2 amide bonds. The van der Waals surface area contributed by atoms with Crippen LogP contribution in [0.4, 0.5) is 4.79 Å². The summed E-state index contributed by atoms with van der Waals surface area (Å²) >= 11 is 6.01. The van der Waals surface area contributed by atoms with Crippen molar-refractivity contribution in [3.8, 4) is 0 Å². The van der Waals surface area contributed by atoms with Crippen LogP contribution in [0, 0.1) is 11.8 Å². The molecule has 192 valence electrons. The largest absolute Gasteiger partial charge is 0.441 e. The molecular formula is C24H32ClN3O6S. The average molecular weight is 526 g/mol. The highest BCUT2D eigenvalue weighted by Gasteiger charge is 2.60. The zero-order chi connectivity index (χ0) is 24.8. The number of amides is 2. The molecule has 2 N–H and O–H groups in total. The first-order valence-electron chi connectivity index (χ1n) is 12.3. The maximum absolute atomic E-state index is 13.9. The van der Waals surface area contributed by atoms with Crippen molar-refractivity contribution < 1.29 is 27.5 Å². The van der Waals surface area contributed by atoms with E-state index in [1.165, 1.54) is 12.1 Å². The quantitative estimate of drug-likeness (QED) is 0.584. The van der Waals surface area contributed by atoms with Crippen LogP contribution in [-0.4, -0.2) is 73.6 Å². The van der Waals surface area contributed by atoms with E-state index in [1.54, 1.807) is 21.3 Å². The van der Waals surface area contributed by atoms with E-state index in [-0.39, 0.29) is 29.4 Å². The van der Waals surface area contributed by atoms with E-state index in [0.717, 1.165) is 19.3 Å². The van der Waals surface area contributed by atoms with Gasteiger partial charge in [0.25, 0.3) is 0 Å². The van der Waals surface area contributed by atoms with Crippen molar-refractivity contribution in [3.05, 3.63) is 29.3 Å². The minimum atomic E-state index is -3.88. The van der Waals surface area contributed by atoms with Gasteiger partial charge in [-0.1, -0.05) is 24.4 Å². The summed E-state index contributed by atoms with van der Waals surface area (Å²) in [6, 6.07) is 5.27. The second kappa shape index (κ2) is 9.53. The Labute approximate surface area is 210 Å². The normalized spacial score (nSPS) is 27.4. The molecule has 0 bridgehead atoms. The molecule has 9 nitrogen and oxygen atoms in total. The first-order chi connectivity index (χ1) is 16.7. The van der Waals surface area contributed by atoms with Crippen LogP contribution in [0.25, 0.3) is 0 Å². The van der Waals surface area contributed by atoms with Crippen molar-refractivity contribution >= 4 is 33.6 Å². The third-order valence-corrected chi connectivity index (χ3v) is 9.97. The van der Waals surface area contributed by atoms with E-state index < -0.39 is 27.8 Å². The molecule has 2 atom stereocenters. The van der Waals surface area contributed by atoms with Crippen LogP contribution >= 0.6 is 11.6 Å². The average Bonchev–Trinajstić information content (AvgIpc) is 3.77. The predicted octanol–water partition coefficient (Wildman–Crippen LogP) is 2.76. The first kappa shape index (κ1) is 24.8. The van der Waals surface area contributed by atoms with Crippen molar-refractivity contribution in [2.75, 3.05) is 26.3 Å². The molecule has 0 radical (unpaired) electrons. The van der Waals surface area contributed by atoms with Gasteiger partial charge in [0.05, 0.1) is 24.2 Å². The number of hydrogen-bond acceptors (Lipinski definition) is 6. The molecular weight excluding hydrogens is 494 g/mol. The molecule has 2 saturated carbocycles. The number of ether oxygens (including phenoxy) is 2. The maximum atomic E-state index is 13.9. The van der Waals surface area contributed by atoms with E-state index in [4.69, 9.17) is 26.8 Å². The fourth-order valence-electron chi connectivity index (χ4n) is 5.31. The van der Waals surface area contributed by atoms with Gasteiger partial charge < -0.3 is 20.1 Å². The molecule has 1 aromatic carbocycles. The summed E-state index contributed by atoms with van der Waals surface area (Å²) in [5.41, 5.74) is 4.49. The fourth-order valence-corrected chi connectivity index (χ4v) is 7.29. The minimum Gasteiger partial charge on any atom is -0.441 e.